The fraction of sp³-hybridized carbons (Fsp3) is 0.562. The van der Waals surface area contributed by atoms with E-state index in [1.165, 1.54) is 0 Å². The van der Waals surface area contributed by atoms with Crippen LogP contribution in [-0.2, 0) is 4.74 Å². The third-order valence-corrected chi connectivity index (χ3v) is 4.11. The second kappa shape index (κ2) is 6.80. The first-order chi connectivity index (χ1) is 10.0. The van der Waals surface area contributed by atoms with Crippen molar-refractivity contribution in [2.75, 3.05) is 44.4 Å². The third-order valence-electron chi connectivity index (χ3n) is 4.11. The number of hydrogen-bond acceptors (Lipinski definition) is 5. The first-order valence-corrected chi connectivity index (χ1v) is 7.51. The van der Waals surface area contributed by atoms with E-state index in [1.54, 1.807) is 13.0 Å². The van der Waals surface area contributed by atoms with Gasteiger partial charge < -0.3 is 20.3 Å². The van der Waals surface area contributed by atoms with Crippen LogP contribution in [0, 0.1) is 0 Å². The molecule has 1 heterocycles. The zero-order chi connectivity index (χ0) is 15.4. The lowest BCUT2D eigenvalue weighted by Crippen LogP contribution is -2.42. The Balaban J connectivity index is 2.14. The summed E-state index contributed by atoms with van der Waals surface area (Å²) < 4.78 is 5.06. The van der Waals surface area contributed by atoms with Crippen LogP contribution in [0.25, 0.3) is 0 Å². The van der Waals surface area contributed by atoms with Crippen LogP contribution in [0.5, 0.6) is 0 Å². The molecule has 1 aromatic rings. The predicted molar refractivity (Wildman–Crippen MR) is 85.7 cm³/mol. The highest BCUT2D eigenvalue weighted by atomic mass is 16.5. The van der Waals surface area contributed by atoms with Gasteiger partial charge in [-0.1, -0.05) is 6.07 Å². The molecule has 1 fully saturated rings. The van der Waals surface area contributed by atoms with E-state index in [0.29, 0.717) is 23.9 Å². The fourth-order valence-corrected chi connectivity index (χ4v) is 2.84. The minimum atomic E-state index is -0.347. The number of piperidine rings is 1. The van der Waals surface area contributed by atoms with Gasteiger partial charge in [-0.15, -0.1) is 0 Å². The van der Waals surface area contributed by atoms with Crippen molar-refractivity contribution in [3.63, 3.8) is 0 Å². The molecule has 0 amide bonds. The Hall–Kier alpha value is -1.75. The molecule has 0 saturated carbocycles. The Morgan fingerprint density at radius 1 is 1.38 bits per heavy atom. The van der Waals surface area contributed by atoms with Crippen LogP contribution in [0.2, 0.25) is 0 Å². The number of nitrogens with two attached hydrogens (primary N) is 1. The number of para-hydroxylation sites is 1. The largest absolute Gasteiger partial charge is 0.462 e. The molecule has 0 aliphatic carbocycles. The van der Waals surface area contributed by atoms with E-state index >= 15 is 0 Å². The van der Waals surface area contributed by atoms with E-state index in [0.717, 1.165) is 31.6 Å². The Kier molecular flexibility index (Phi) is 5.07. The van der Waals surface area contributed by atoms with Gasteiger partial charge in [0.05, 0.1) is 23.5 Å². The Morgan fingerprint density at radius 3 is 2.62 bits per heavy atom. The maximum absolute atomic E-state index is 11.9. The second-order valence-electron chi connectivity index (χ2n) is 5.64. The topological polar surface area (TPSA) is 58.8 Å². The summed E-state index contributed by atoms with van der Waals surface area (Å²) in [6, 6.07) is 6.20. The van der Waals surface area contributed by atoms with Crippen molar-refractivity contribution in [1.29, 1.82) is 0 Å². The summed E-state index contributed by atoms with van der Waals surface area (Å²) in [6.07, 6.45) is 2.21. The number of nitrogen functional groups attached to an aromatic ring is 1. The molecule has 5 nitrogen and oxygen atoms in total. The van der Waals surface area contributed by atoms with Crippen LogP contribution in [0.1, 0.15) is 30.1 Å². The molecule has 1 aliphatic heterocycles. The van der Waals surface area contributed by atoms with Gasteiger partial charge in [-0.3, -0.25) is 0 Å². The molecule has 21 heavy (non-hydrogen) atoms. The monoisotopic (exact) mass is 291 g/mol. The lowest BCUT2D eigenvalue weighted by atomic mass is 10.0. The number of hydrogen-bond donors (Lipinski definition) is 1. The van der Waals surface area contributed by atoms with Gasteiger partial charge in [0.1, 0.15) is 0 Å². The highest BCUT2D eigenvalue weighted by Crippen LogP contribution is 2.30. The normalized spacial score (nSPS) is 16.3. The van der Waals surface area contributed by atoms with Crippen LogP contribution >= 0.6 is 0 Å². The Bertz CT molecular complexity index is 494. The minimum absolute atomic E-state index is 0.347. The molecule has 2 rings (SSSR count). The van der Waals surface area contributed by atoms with Gasteiger partial charge in [0, 0.05) is 19.1 Å². The van der Waals surface area contributed by atoms with Gasteiger partial charge >= 0.3 is 5.97 Å². The standard InChI is InChI=1S/C16H25N3O2/c1-4-21-16(20)13-6-5-7-14(15(13)17)19-10-8-12(9-11-19)18(2)3/h5-7,12H,4,8-11,17H2,1-3H3. The van der Waals surface area contributed by atoms with Gasteiger partial charge in [0.2, 0.25) is 0 Å². The molecule has 116 valence electrons. The summed E-state index contributed by atoms with van der Waals surface area (Å²) in [6.45, 7) is 4.07. The molecule has 0 unspecified atom stereocenters. The molecule has 0 spiro atoms. The molecule has 2 N–H and O–H groups in total. The van der Waals surface area contributed by atoms with E-state index < -0.39 is 0 Å². The molecule has 0 aromatic heterocycles. The molecule has 0 atom stereocenters. The van der Waals surface area contributed by atoms with Crippen LogP contribution in [0.3, 0.4) is 0 Å². The Labute approximate surface area is 126 Å². The Morgan fingerprint density at radius 2 is 2.05 bits per heavy atom. The van der Waals surface area contributed by atoms with Crippen LogP contribution in [0.4, 0.5) is 11.4 Å². The zero-order valence-corrected chi connectivity index (χ0v) is 13.1. The van der Waals surface area contributed by atoms with Crippen molar-refractivity contribution in [2.24, 2.45) is 0 Å². The van der Waals surface area contributed by atoms with E-state index in [1.807, 2.05) is 12.1 Å². The first-order valence-electron chi connectivity index (χ1n) is 7.51. The van der Waals surface area contributed by atoms with Gasteiger partial charge in [-0.2, -0.15) is 0 Å². The molecule has 0 radical (unpaired) electrons. The number of anilines is 2. The maximum atomic E-state index is 11.9. The maximum Gasteiger partial charge on any atom is 0.340 e. The quantitative estimate of drug-likeness (QED) is 0.679. The molecule has 1 saturated heterocycles. The van der Waals surface area contributed by atoms with Crippen molar-refractivity contribution < 1.29 is 9.53 Å². The highest BCUT2D eigenvalue weighted by molar-refractivity contribution is 5.98. The van der Waals surface area contributed by atoms with Gasteiger partial charge in [-0.25, -0.2) is 4.79 Å². The number of carbonyl (C=O) groups excluding carboxylic acids is 1. The zero-order valence-electron chi connectivity index (χ0n) is 13.1. The van der Waals surface area contributed by atoms with Crippen LogP contribution in [0.15, 0.2) is 18.2 Å². The number of rotatable bonds is 4. The van der Waals surface area contributed by atoms with Gasteiger partial charge in [0.25, 0.3) is 0 Å². The number of esters is 1. The summed E-state index contributed by atoms with van der Waals surface area (Å²) >= 11 is 0. The fourth-order valence-electron chi connectivity index (χ4n) is 2.84. The first kappa shape index (κ1) is 15.6. The molecular formula is C16H25N3O2. The molecule has 0 bridgehead atoms. The molecule has 1 aromatic carbocycles. The van der Waals surface area contributed by atoms with Crippen molar-refractivity contribution >= 4 is 17.3 Å². The van der Waals surface area contributed by atoms with Crippen molar-refractivity contribution in [3.8, 4) is 0 Å². The van der Waals surface area contributed by atoms with Gasteiger partial charge in [-0.05, 0) is 46.0 Å². The van der Waals surface area contributed by atoms with Crippen molar-refractivity contribution in [3.05, 3.63) is 23.8 Å². The second-order valence-corrected chi connectivity index (χ2v) is 5.64. The lowest BCUT2D eigenvalue weighted by molar-refractivity contribution is 0.0527. The van der Waals surface area contributed by atoms with E-state index in [-0.39, 0.29) is 5.97 Å². The summed E-state index contributed by atoms with van der Waals surface area (Å²) in [5, 5.41) is 0. The summed E-state index contributed by atoms with van der Waals surface area (Å²) in [5.41, 5.74) is 8.12. The number of carbonyl (C=O) groups is 1. The lowest BCUT2D eigenvalue weighted by Gasteiger charge is -2.37. The summed E-state index contributed by atoms with van der Waals surface area (Å²) in [4.78, 5) is 16.4. The highest BCUT2D eigenvalue weighted by Gasteiger charge is 2.23. The average Bonchev–Trinajstić information content (AvgIpc) is 2.48. The number of ether oxygens (including phenoxy) is 1. The van der Waals surface area contributed by atoms with Gasteiger partial charge in [0.15, 0.2) is 0 Å². The van der Waals surface area contributed by atoms with E-state index in [2.05, 4.69) is 23.9 Å². The smallest absolute Gasteiger partial charge is 0.340 e. The third kappa shape index (κ3) is 3.47. The SMILES string of the molecule is CCOC(=O)c1cccc(N2CCC(N(C)C)CC2)c1N. The van der Waals surface area contributed by atoms with Crippen LogP contribution in [-0.4, -0.2) is 50.7 Å². The minimum Gasteiger partial charge on any atom is -0.462 e. The average molecular weight is 291 g/mol. The number of benzene rings is 1. The van der Waals surface area contributed by atoms with Crippen molar-refractivity contribution in [1.82, 2.24) is 4.90 Å². The van der Waals surface area contributed by atoms with Crippen LogP contribution < -0.4 is 10.6 Å². The predicted octanol–water partition coefficient (Wildman–Crippen LogP) is 1.98. The number of nitrogens with zero attached hydrogens (tertiary/aromatic N) is 2. The van der Waals surface area contributed by atoms with E-state index in [9.17, 15) is 4.79 Å². The summed E-state index contributed by atoms with van der Waals surface area (Å²) in [5.74, 6) is -0.347. The molecule has 5 heteroatoms. The van der Waals surface area contributed by atoms with Crippen molar-refractivity contribution in [2.45, 2.75) is 25.8 Å². The van der Waals surface area contributed by atoms with E-state index in [4.69, 9.17) is 10.5 Å². The molecule has 1 aliphatic rings. The summed E-state index contributed by atoms with van der Waals surface area (Å²) in [7, 11) is 4.24. The molecular weight excluding hydrogens is 266 g/mol.